The predicted molar refractivity (Wildman–Crippen MR) is 126 cm³/mol. The summed E-state index contributed by atoms with van der Waals surface area (Å²) in [7, 11) is -3.61. The maximum absolute atomic E-state index is 13.2. The van der Waals surface area contributed by atoms with Crippen LogP contribution in [0.5, 0.6) is 0 Å². The number of benzene rings is 1. The number of carbonyl (C=O) groups excluding carboxylic acids is 1. The summed E-state index contributed by atoms with van der Waals surface area (Å²) in [6.45, 7) is 5.64. The Kier molecular flexibility index (Phi) is 6.72. The predicted octanol–water partition coefficient (Wildman–Crippen LogP) is 2.62. The summed E-state index contributed by atoms with van der Waals surface area (Å²) in [4.78, 5) is 19.7. The lowest BCUT2D eigenvalue weighted by atomic mass is 9.97. The summed E-state index contributed by atoms with van der Waals surface area (Å²) in [5, 5.41) is 7.13. The number of sulfonamides is 1. The average Bonchev–Trinajstić information content (AvgIpc) is 3.41. The minimum absolute atomic E-state index is 0.0510. The number of nitrogens with one attached hydrogen (secondary N) is 1. The van der Waals surface area contributed by atoms with Gasteiger partial charge in [-0.15, -0.1) is 0 Å². The van der Waals surface area contributed by atoms with E-state index in [4.69, 9.17) is 4.52 Å². The molecule has 1 aliphatic carbocycles. The Labute approximate surface area is 200 Å². The third kappa shape index (κ3) is 4.89. The number of piperidine rings is 1. The quantitative estimate of drug-likeness (QED) is 0.610. The highest BCUT2D eigenvalue weighted by Gasteiger charge is 2.33. The van der Waals surface area contributed by atoms with E-state index in [0.29, 0.717) is 56.2 Å². The molecule has 0 spiro atoms. The van der Waals surface area contributed by atoms with E-state index in [1.807, 2.05) is 0 Å². The van der Waals surface area contributed by atoms with Crippen LogP contribution in [0.2, 0.25) is 0 Å². The van der Waals surface area contributed by atoms with Gasteiger partial charge in [0.2, 0.25) is 27.6 Å². The van der Waals surface area contributed by atoms with Crippen LogP contribution in [-0.4, -0.2) is 72.4 Å². The molecule has 1 aromatic heterocycles. The van der Waals surface area contributed by atoms with E-state index in [2.05, 4.69) is 27.3 Å². The fraction of sp³-hybridized carbons (Fsp3) is 0.625. The monoisotopic (exact) mass is 487 g/mol. The van der Waals surface area contributed by atoms with Gasteiger partial charge in [0.25, 0.3) is 0 Å². The molecule has 10 heteroatoms. The van der Waals surface area contributed by atoms with Crippen LogP contribution >= 0.6 is 0 Å². The number of aromatic nitrogens is 2. The SMILES string of the molecule is CCN1CCC[C@@H]1CNC(=O)C1CCN(S(=O)(=O)c2ccc(-c3noc(C4CC4)n3)cc2)CC1. The fourth-order valence-electron chi connectivity index (χ4n) is 5.04. The van der Waals surface area contributed by atoms with E-state index in [-0.39, 0.29) is 16.7 Å². The Balaban J connectivity index is 1.15. The van der Waals surface area contributed by atoms with Gasteiger partial charge in [-0.25, -0.2) is 8.42 Å². The zero-order valence-corrected chi connectivity index (χ0v) is 20.5. The molecule has 1 amide bonds. The molecular formula is C24H33N5O4S. The zero-order chi connectivity index (χ0) is 23.7. The number of likely N-dealkylation sites (tertiary alicyclic amines) is 1. The van der Waals surface area contributed by atoms with Crippen molar-refractivity contribution in [3.05, 3.63) is 30.2 Å². The molecule has 0 unspecified atom stereocenters. The first kappa shape index (κ1) is 23.4. The van der Waals surface area contributed by atoms with Crippen molar-refractivity contribution < 1.29 is 17.7 Å². The second kappa shape index (κ2) is 9.75. The van der Waals surface area contributed by atoms with Crippen molar-refractivity contribution >= 4 is 15.9 Å². The maximum Gasteiger partial charge on any atom is 0.243 e. The molecule has 2 aliphatic heterocycles. The average molecular weight is 488 g/mol. The smallest absolute Gasteiger partial charge is 0.243 e. The van der Waals surface area contributed by atoms with Gasteiger partial charge in [-0.1, -0.05) is 12.1 Å². The van der Waals surface area contributed by atoms with Crippen molar-refractivity contribution in [1.82, 2.24) is 24.7 Å². The van der Waals surface area contributed by atoms with Gasteiger partial charge in [-0.05, 0) is 75.9 Å². The number of hydrogen-bond acceptors (Lipinski definition) is 7. The van der Waals surface area contributed by atoms with E-state index in [1.165, 1.54) is 10.7 Å². The van der Waals surface area contributed by atoms with Gasteiger partial charge in [0, 0.05) is 43.1 Å². The van der Waals surface area contributed by atoms with Crippen molar-refractivity contribution in [2.24, 2.45) is 5.92 Å². The Morgan fingerprint density at radius 3 is 2.50 bits per heavy atom. The van der Waals surface area contributed by atoms with Gasteiger partial charge in [-0.3, -0.25) is 9.69 Å². The summed E-state index contributed by atoms with van der Waals surface area (Å²) in [5.41, 5.74) is 0.730. The molecule has 184 valence electrons. The van der Waals surface area contributed by atoms with Gasteiger partial charge >= 0.3 is 0 Å². The van der Waals surface area contributed by atoms with Crippen LogP contribution in [-0.2, 0) is 14.8 Å². The van der Waals surface area contributed by atoms with E-state index >= 15 is 0 Å². The largest absolute Gasteiger partial charge is 0.354 e. The Morgan fingerprint density at radius 1 is 1.09 bits per heavy atom. The highest BCUT2D eigenvalue weighted by atomic mass is 32.2. The Bertz CT molecular complexity index is 1100. The number of hydrogen-bond donors (Lipinski definition) is 1. The highest BCUT2D eigenvalue weighted by molar-refractivity contribution is 7.89. The molecule has 2 aromatic rings. The zero-order valence-electron chi connectivity index (χ0n) is 19.6. The van der Waals surface area contributed by atoms with Crippen molar-refractivity contribution in [2.45, 2.75) is 62.3 Å². The van der Waals surface area contributed by atoms with Crippen molar-refractivity contribution in [2.75, 3.05) is 32.7 Å². The number of likely N-dealkylation sites (N-methyl/N-ethyl adjacent to an activating group) is 1. The van der Waals surface area contributed by atoms with E-state index in [1.54, 1.807) is 24.3 Å². The standard InChI is InChI=1S/C24H33N5O4S/c1-2-28-13-3-4-20(28)16-25-23(30)18-11-14-29(15-12-18)34(31,32)21-9-7-17(8-10-21)22-26-24(33-27-22)19-5-6-19/h7-10,18-20H,2-6,11-16H2,1H3,(H,25,30)/t20-/m1/s1. The van der Waals surface area contributed by atoms with Crippen LogP contribution in [0.25, 0.3) is 11.4 Å². The van der Waals surface area contributed by atoms with Crippen LogP contribution < -0.4 is 5.32 Å². The third-order valence-electron chi connectivity index (χ3n) is 7.36. The topological polar surface area (TPSA) is 109 Å². The maximum atomic E-state index is 13.2. The molecule has 1 aromatic carbocycles. The molecule has 5 rings (SSSR count). The van der Waals surface area contributed by atoms with Crippen LogP contribution in [0.4, 0.5) is 0 Å². The summed E-state index contributed by atoms with van der Waals surface area (Å²) < 4.78 is 33.1. The van der Waals surface area contributed by atoms with E-state index < -0.39 is 10.0 Å². The molecule has 3 aliphatic rings. The third-order valence-corrected chi connectivity index (χ3v) is 9.27. The second-order valence-electron chi connectivity index (χ2n) is 9.60. The summed E-state index contributed by atoms with van der Waals surface area (Å²) in [6, 6.07) is 7.05. The molecule has 0 radical (unpaired) electrons. The summed E-state index contributed by atoms with van der Waals surface area (Å²) >= 11 is 0. The normalized spacial score (nSPS) is 22.8. The van der Waals surface area contributed by atoms with Crippen molar-refractivity contribution in [3.8, 4) is 11.4 Å². The van der Waals surface area contributed by atoms with E-state index in [9.17, 15) is 13.2 Å². The van der Waals surface area contributed by atoms with Crippen LogP contribution in [0.15, 0.2) is 33.7 Å². The first-order valence-corrected chi connectivity index (χ1v) is 13.9. The lowest BCUT2D eigenvalue weighted by Crippen LogP contribution is -2.45. The molecule has 1 saturated carbocycles. The number of nitrogens with zero attached hydrogens (tertiary/aromatic N) is 4. The minimum atomic E-state index is -3.61. The first-order chi connectivity index (χ1) is 16.5. The lowest BCUT2D eigenvalue weighted by Gasteiger charge is -2.31. The molecule has 9 nitrogen and oxygen atoms in total. The molecule has 1 atom stereocenters. The Morgan fingerprint density at radius 2 is 1.82 bits per heavy atom. The molecule has 3 fully saturated rings. The molecule has 1 N–H and O–H groups in total. The fourth-order valence-corrected chi connectivity index (χ4v) is 6.51. The molecule has 2 saturated heterocycles. The van der Waals surface area contributed by atoms with Gasteiger partial charge in [0.05, 0.1) is 4.90 Å². The number of rotatable bonds is 8. The summed E-state index contributed by atoms with van der Waals surface area (Å²) in [5.74, 6) is 1.43. The van der Waals surface area contributed by atoms with Crippen molar-refractivity contribution in [3.63, 3.8) is 0 Å². The second-order valence-corrected chi connectivity index (χ2v) is 11.5. The van der Waals surface area contributed by atoms with Gasteiger partial charge < -0.3 is 9.84 Å². The van der Waals surface area contributed by atoms with Crippen LogP contribution in [0, 0.1) is 5.92 Å². The van der Waals surface area contributed by atoms with Crippen LogP contribution in [0.1, 0.15) is 57.3 Å². The number of carbonyl (C=O) groups is 1. The molecule has 0 bridgehead atoms. The molecule has 34 heavy (non-hydrogen) atoms. The minimum Gasteiger partial charge on any atom is -0.354 e. The van der Waals surface area contributed by atoms with Gasteiger partial charge in [0.1, 0.15) is 0 Å². The summed E-state index contributed by atoms with van der Waals surface area (Å²) in [6.07, 6.45) is 5.54. The Hall–Kier alpha value is -2.30. The molecule has 3 heterocycles. The van der Waals surface area contributed by atoms with Crippen LogP contribution in [0.3, 0.4) is 0 Å². The number of amides is 1. The van der Waals surface area contributed by atoms with E-state index in [0.717, 1.165) is 37.9 Å². The molecular weight excluding hydrogens is 454 g/mol. The van der Waals surface area contributed by atoms with Gasteiger partial charge in [0.15, 0.2) is 0 Å². The highest BCUT2D eigenvalue weighted by Crippen LogP contribution is 2.39. The van der Waals surface area contributed by atoms with Gasteiger partial charge in [-0.2, -0.15) is 9.29 Å². The van der Waals surface area contributed by atoms with Crippen molar-refractivity contribution in [1.29, 1.82) is 0 Å². The lowest BCUT2D eigenvalue weighted by molar-refractivity contribution is -0.126. The first-order valence-electron chi connectivity index (χ1n) is 12.4.